The number of unbranched alkanes of at least 4 members (excludes halogenated alkanes) is 1. The predicted molar refractivity (Wildman–Crippen MR) is 34.2 cm³/mol. The highest BCUT2D eigenvalue weighted by molar-refractivity contribution is 5.60. The van der Waals surface area contributed by atoms with Gasteiger partial charge in [0.1, 0.15) is 6.10 Å². The van der Waals surface area contributed by atoms with Crippen LogP contribution in [-0.2, 0) is 9.53 Å². The zero-order chi connectivity index (χ0) is 6.69. The molecule has 1 unspecified atom stereocenters. The fourth-order valence-corrected chi connectivity index (χ4v) is 0.914. The van der Waals surface area contributed by atoms with Crippen LogP contribution in [-0.4, -0.2) is 18.5 Å². The first-order valence-electron chi connectivity index (χ1n) is 3.49. The van der Waals surface area contributed by atoms with E-state index < -0.39 is 0 Å². The van der Waals surface area contributed by atoms with Gasteiger partial charge in [0, 0.05) is 0 Å². The Bertz CT molecular complexity index is 101. The first-order valence-corrected chi connectivity index (χ1v) is 3.49. The van der Waals surface area contributed by atoms with Crippen LogP contribution >= 0.6 is 0 Å². The fraction of sp³-hybridized carbons (Fsp3) is 0.857. The molecule has 9 heavy (non-hydrogen) atoms. The van der Waals surface area contributed by atoms with Gasteiger partial charge in [-0.1, -0.05) is 19.8 Å². The lowest BCUT2D eigenvalue weighted by Crippen LogP contribution is -1.93. The molecule has 0 spiro atoms. The van der Waals surface area contributed by atoms with Crippen molar-refractivity contribution in [2.24, 2.45) is 0 Å². The zero-order valence-electron chi connectivity index (χ0n) is 5.67. The molecule has 2 nitrogen and oxygen atoms in total. The third kappa shape index (κ3) is 1.79. The van der Waals surface area contributed by atoms with Crippen LogP contribution in [0.5, 0.6) is 0 Å². The first kappa shape index (κ1) is 6.75. The number of rotatable bonds is 4. The maximum atomic E-state index is 10.0. The van der Waals surface area contributed by atoms with E-state index >= 15 is 0 Å². The van der Waals surface area contributed by atoms with Gasteiger partial charge in [0.25, 0.3) is 0 Å². The van der Waals surface area contributed by atoms with Gasteiger partial charge in [-0.05, 0) is 6.42 Å². The van der Waals surface area contributed by atoms with Crippen molar-refractivity contribution in [1.82, 2.24) is 0 Å². The van der Waals surface area contributed by atoms with Crippen molar-refractivity contribution in [1.29, 1.82) is 0 Å². The van der Waals surface area contributed by atoms with E-state index in [1.165, 1.54) is 12.8 Å². The number of carbonyl (C=O) groups excluding carboxylic acids is 1. The minimum Gasteiger partial charge on any atom is -0.362 e. The Balaban J connectivity index is 1.98. The first-order chi connectivity index (χ1) is 4.38. The Morgan fingerprint density at radius 3 is 2.89 bits per heavy atom. The van der Waals surface area contributed by atoms with Crippen molar-refractivity contribution in [2.45, 2.75) is 38.4 Å². The highest BCUT2D eigenvalue weighted by Crippen LogP contribution is 2.24. The van der Waals surface area contributed by atoms with Crippen molar-refractivity contribution in [3.63, 3.8) is 0 Å². The van der Waals surface area contributed by atoms with Crippen LogP contribution in [0.2, 0.25) is 0 Å². The van der Waals surface area contributed by atoms with Crippen LogP contribution in [0.15, 0.2) is 0 Å². The molecule has 0 aromatic heterocycles. The lowest BCUT2D eigenvalue weighted by atomic mass is 10.2. The quantitative estimate of drug-likeness (QED) is 0.419. The highest BCUT2D eigenvalue weighted by Gasteiger charge is 2.37. The minimum atomic E-state index is -0.0588. The molecule has 1 fully saturated rings. The monoisotopic (exact) mass is 128 g/mol. The van der Waals surface area contributed by atoms with E-state index in [1.807, 2.05) is 0 Å². The molecule has 0 saturated carbocycles. The Morgan fingerprint density at radius 2 is 2.44 bits per heavy atom. The van der Waals surface area contributed by atoms with E-state index in [1.54, 1.807) is 0 Å². The van der Waals surface area contributed by atoms with Gasteiger partial charge in [0.05, 0.1) is 6.10 Å². The minimum absolute atomic E-state index is 0.0588. The molecule has 2 heteroatoms. The summed E-state index contributed by atoms with van der Waals surface area (Å²) in [5.74, 6) is 0. The van der Waals surface area contributed by atoms with Crippen molar-refractivity contribution >= 4 is 6.29 Å². The molecule has 0 radical (unpaired) electrons. The summed E-state index contributed by atoms with van der Waals surface area (Å²) in [5, 5.41) is 0. The van der Waals surface area contributed by atoms with Gasteiger partial charge in [-0.2, -0.15) is 0 Å². The molecule has 1 aliphatic rings. The van der Waals surface area contributed by atoms with Gasteiger partial charge in [-0.15, -0.1) is 0 Å². The number of aldehydes is 1. The maximum absolute atomic E-state index is 10.0. The summed E-state index contributed by atoms with van der Waals surface area (Å²) in [4.78, 5) is 10.0. The summed E-state index contributed by atoms with van der Waals surface area (Å²) in [6.45, 7) is 2.14. The summed E-state index contributed by atoms with van der Waals surface area (Å²) < 4.78 is 5.00. The second kappa shape index (κ2) is 2.97. The van der Waals surface area contributed by atoms with E-state index in [4.69, 9.17) is 4.74 Å². The van der Waals surface area contributed by atoms with E-state index in [9.17, 15) is 4.79 Å². The molecule has 0 N–H and O–H groups in total. The molecule has 0 aromatic carbocycles. The Kier molecular flexibility index (Phi) is 2.22. The smallest absolute Gasteiger partial charge is 0.151 e. The zero-order valence-corrected chi connectivity index (χ0v) is 5.67. The number of ether oxygens (including phenoxy) is 1. The largest absolute Gasteiger partial charge is 0.362 e. The average Bonchev–Trinajstić information content (AvgIpc) is 2.62. The Hall–Kier alpha value is -0.370. The summed E-state index contributed by atoms with van der Waals surface area (Å²) >= 11 is 0. The predicted octanol–water partition coefficient (Wildman–Crippen LogP) is 1.14. The Labute approximate surface area is 55.2 Å². The summed E-state index contributed by atoms with van der Waals surface area (Å²) in [5.41, 5.74) is 0. The van der Waals surface area contributed by atoms with E-state index in [2.05, 4.69) is 6.92 Å². The van der Waals surface area contributed by atoms with Crippen LogP contribution in [0.3, 0.4) is 0 Å². The number of hydrogen-bond acceptors (Lipinski definition) is 2. The molecule has 0 amide bonds. The number of carbonyl (C=O) groups is 1. The summed E-state index contributed by atoms with van der Waals surface area (Å²) in [6, 6.07) is 0. The molecule has 1 aliphatic heterocycles. The molecule has 0 aliphatic carbocycles. The molecule has 2 atom stereocenters. The van der Waals surface area contributed by atoms with Crippen molar-refractivity contribution < 1.29 is 9.53 Å². The Morgan fingerprint density at radius 1 is 1.67 bits per heavy atom. The van der Waals surface area contributed by atoms with Crippen LogP contribution in [0, 0.1) is 0 Å². The summed E-state index contributed by atoms with van der Waals surface area (Å²) in [7, 11) is 0. The van der Waals surface area contributed by atoms with Gasteiger partial charge in [0.2, 0.25) is 0 Å². The van der Waals surface area contributed by atoms with Crippen LogP contribution in [0.1, 0.15) is 26.2 Å². The standard InChI is InChI=1S/C7H12O2/c1-2-3-4-6-7(5-8)9-6/h5-7H,2-4H2,1H3/t6?,7-/m0/s1. The lowest BCUT2D eigenvalue weighted by molar-refractivity contribution is -0.108. The van der Waals surface area contributed by atoms with Gasteiger partial charge in [-0.25, -0.2) is 0 Å². The molecule has 1 rings (SSSR count). The second-order valence-corrected chi connectivity index (χ2v) is 2.42. The van der Waals surface area contributed by atoms with Gasteiger partial charge < -0.3 is 9.53 Å². The van der Waals surface area contributed by atoms with Crippen molar-refractivity contribution in [3.8, 4) is 0 Å². The van der Waals surface area contributed by atoms with E-state index in [0.29, 0.717) is 0 Å². The van der Waals surface area contributed by atoms with Crippen molar-refractivity contribution in [3.05, 3.63) is 0 Å². The molecule has 1 saturated heterocycles. The van der Waals surface area contributed by atoms with Gasteiger partial charge in [0.15, 0.2) is 6.29 Å². The number of hydrogen-bond donors (Lipinski definition) is 0. The van der Waals surface area contributed by atoms with E-state index in [0.717, 1.165) is 12.7 Å². The second-order valence-electron chi connectivity index (χ2n) is 2.42. The SMILES string of the molecule is CCCCC1O[C@H]1C=O. The average molecular weight is 128 g/mol. The fourth-order valence-electron chi connectivity index (χ4n) is 0.914. The van der Waals surface area contributed by atoms with Crippen LogP contribution in [0.25, 0.3) is 0 Å². The normalized spacial score (nSPS) is 32.1. The molecule has 1 heterocycles. The van der Waals surface area contributed by atoms with Crippen molar-refractivity contribution in [2.75, 3.05) is 0 Å². The molecule has 0 aromatic rings. The third-order valence-electron chi connectivity index (χ3n) is 1.60. The molecular weight excluding hydrogens is 116 g/mol. The topological polar surface area (TPSA) is 29.6 Å². The third-order valence-corrected chi connectivity index (χ3v) is 1.60. The maximum Gasteiger partial charge on any atom is 0.151 e. The molecule has 52 valence electrons. The van der Waals surface area contributed by atoms with Crippen LogP contribution < -0.4 is 0 Å². The number of epoxide rings is 1. The lowest BCUT2D eigenvalue weighted by Gasteiger charge is -1.87. The van der Waals surface area contributed by atoms with E-state index in [-0.39, 0.29) is 12.2 Å². The molecular formula is C7H12O2. The van der Waals surface area contributed by atoms with Gasteiger partial charge >= 0.3 is 0 Å². The van der Waals surface area contributed by atoms with Gasteiger partial charge in [-0.3, -0.25) is 0 Å². The highest BCUT2D eigenvalue weighted by atomic mass is 16.6. The summed E-state index contributed by atoms with van der Waals surface area (Å²) in [6.07, 6.45) is 4.51. The van der Waals surface area contributed by atoms with Crippen LogP contribution in [0.4, 0.5) is 0 Å². The molecule has 0 bridgehead atoms.